The monoisotopic (exact) mass is 341 g/mol. The number of benzene rings is 3. The number of fused-ring (bicyclic) bond motifs is 2. The Bertz CT molecular complexity index is 1070. The molecule has 0 fully saturated rings. The number of hydrogen-bond acceptors (Lipinski definition) is 4. The molecule has 0 heterocycles. The van der Waals surface area contributed by atoms with E-state index in [0.29, 0.717) is 22.4 Å². The van der Waals surface area contributed by atoms with Gasteiger partial charge in [-0.3, -0.25) is 9.59 Å². The second-order valence-electron chi connectivity index (χ2n) is 6.01. The van der Waals surface area contributed by atoms with Crippen molar-refractivity contribution in [2.75, 3.05) is 5.32 Å². The van der Waals surface area contributed by atoms with E-state index < -0.39 is 0 Å². The van der Waals surface area contributed by atoms with E-state index in [1.807, 2.05) is 30.3 Å². The van der Waals surface area contributed by atoms with Gasteiger partial charge in [-0.15, -0.1) is 0 Å². The predicted octanol–water partition coefficient (Wildman–Crippen LogP) is 4.55. The van der Waals surface area contributed by atoms with Crippen LogP contribution in [-0.4, -0.2) is 16.7 Å². The summed E-state index contributed by atoms with van der Waals surface area (Å²) < 4.78 is 0. The normalized spacial score (nSPS) is 12.3. The van der Waals surface area contributed by atoms with E-state index in [4.69, 9.17) is 0 Å². The number of nitrogens with one attached hydrogen (secondary N) is 1. The first-order valence-electron chi connectivity index (χ1n) is 8.14. The predicted molar refractivity (Wildman–Crippen MR) is 101 cm³/mol. The highest BCUT2D eigenvalue weighted by Gasteiger charge is 2.34. The van der Waals surface area contributed by atoms with Crippen LogP contribution in [0.5, 0.6) is 5.75 Å². The van der Waals surface area contributed by atoms with Crippen LogP contribution in [0.2, 0.25) is 0 Å². The number of carbonyl (C=O) groups is 2. The van der Waals surface area contributed by atoms with Crippen LogP contribution in [0.25, 0.3) is 6.08 Å². The maximum atomic E-state index is 13.1. The van der Waals surface area contributed by atoms with E-state index in [2.05, 4.69) is 11.9 Å². The number of ketones is 2. The Labute approximate surface area is 150 Å². The molecule has 2 N–H and O–H groups in total. The molecule has 0 unspecified atom stereocenters. The second kappa shape index (κ2) is 6.01. The average molecular weight is 341 g/mol. The number of aromatic hydroxyl groups is 1. The summed E-state index contributed by atoms with van der Waals surface area (Å²) in [6.45, 7) is 3.80. The van der Waals surface area contributed by atoms with Gasteiger partial charge >= 0.3 is 0 Å². The molecule has 0 saturated carbocycles. The Morgan fingerprint density at radius 3 is 2.04 bits per heavy atom. The van der Waals surface area contributed by atoms with Gasteiger partial charge in [0.15, 0.2) is 11.6 Å². The van der Waals surface area contributed by atoms with Crippen molar-refractivity contribution in [3.8, 4) is 5.75 Å². The van der Waals surface area contributed by atoms with Crippen LogP contribution in [0.3, 0.4) is 0 Å². The minimum Gasteiger partial charge on any atom is -0.507 e. The quantitative estimate of drug-likeness (QED) is 0.573. The lowest BCUT2D eigenvalue weighted by atomic mass is 9.80. The number of anilines is 2. The second-order valence-corrected chi connectivity index (χ2v) is 6.01. The fourth-order valence-electron chi connectivity index (χ4n) is 3.29. The van der Waals surface area contributed by atoms with Crippen LogP contribution in [0.1, 0.15) is 37.4 Å². The first-order valence-corrected chi connectivity index (χ1v) is 8.14. The summed E-state index contributed by atoms with van der Waals surface area (Å²) in [7, 11) is 0. The van der Waals surface area contributed by atoms with Crippen molar-refractivity contribution in [2.45, 2.75) is 0 Å². The van der Waals surface area contributed by atoms with E-state index in [1.54, 1.807) is 24.3 Å². The summed E-state index contributed by atoms with van der Waals surface area (Å²) in [5.41, 5.74) is 2.66. The number of hydrogen-bond donors (Lipinski definition) is 2. The van der Waals surface area contributed by atoms with Gasteiger partial charge in [-0.25, -0.2) is 0 Å². The molecule has 3 aromatic carbocycles. The number of para-hydroxylation sites is 1. The molecular weight excluding hydrogens is 326 g/mol. The third kappa shape index (κ3) is 2.31. The van der Waals surface area contributed by atoms with Crippen molar-refractivity contribution < 1.29 is 14.7 Å². The fourth-order valence-corrected chi connectivity index (χ4v) is 3.29. The number of phenols is 1. The van der Waals surface area contributed by atoms with Gasteiger partial charge in [-0.05, 0) is 12.1 Å². The molecule has 4 rings (SSSR count). The molecule has 0 aliphatic heterocycles. The molecule has 0 spiro atoms. The molecule has 0 saturated heterocycles. The zero-order valence-corrected chi connectivity index (χ0v) is 13.8. The third-order valence-corrected chi connectivity index (χ3v) is 4.47. The molecule has 0 radical (unpaired) electrons. The number of rotatable bonds is 3. The van der Waals surface area contributed by atoms with Crippen molar-refractivity contribution in [1.29, 1.82) is 0 Å². The van der Waals surface area contributed by atoms with E-state index in [0.717, 1.165) is 5.69 Å². The minimum atomic E-state index is -0.359. The molecule has 0 amide bonds. The largest absolute Gasteiger partial charge is 0.507 e. The minimum absolute atomic E-state index is 0.0298. The molecule has 26 heavy (non-hydrogen) atoms. The van der Waals surface area contributed by atoms with E-state index in [1.165, 1.54) is 12.1 Å². The molecule has 1 aliphatic rings. The lowest BCUT2D eigenvalue weighted by Gasteiger charge is -2.22. The summed E-state index contributed by atoms with van der Waals surface area (Å²) in [6.07, 6.45) is 1.53. The standard InChI is InChI=1S/C22H15NO3/c1-2-14-17(23-13-8-4-3-5-9-13)12-18(24)20-19(14)21(25)15-10-6-7-11-16(15)22(20)26/h2-12,23-24H,1H2. The van der Waals surface area contributed by atoms with Crippen LogP contribution in [0, 0.1) is 0 Å². The summed E-state index contributed by atoms with van der Waals surface area (Å²) in [5, 5.41) is 13.7. The zero-order valence-electron chi connectivity index (χ0n) is 13.8. The Hall–Kier alpha value is -3.66. The van der Waals surface area contributed by atoms with Gasteiger partial charge in [0.2, 0.25) is 0 Å². The lowest BCUT2D eigenvalue weighted by Crippen LogP contribution is -2.22. The highest BCUT2D eigenvalue weighted by atomic mass is 16.3. The molecular formula is C22H15NO3. The highest BCUT2D eigenvalue weighted by Crippen LogP contribution is 2.39. The lowest BCUT2D eigenvalue weighted by molar-refractivity contribution is 0.0976. The first kappa shape index (κ1) is 15.8. The van der Waals surface area contributed by atoms with Crippen LogP contribution >= 0.6 is 0 Å². The maximum Gasteiger partial charge on any atom is 0.198 e. The van der Waals surface area contributed by atoms with Crippen molar-refractivity contribution >= 4 is 29.0 Å². The SMILES string of the molecule is C=Cc1c(Nc2ccccc2)cc(O)c2c1C(=O)c1ccccc1C2=O. The number of carbonyl (C=O) groups excluding carboxylic acids is 2. The Morgan fingerprint density at radius 1 is 0.846 bits per heavy atom. The van der Waals surface area contributed by atoms with E-state index in [-0.39, 0.29) is 28.4 Å². The molecule has 4 heteroatoms. The van der Waals surface area contributed by atoms with Gasteiger partial charge in [0.05, 0.1) is 11.3 Å². The molecule has 4 nitrogen and oxygen atoms in total. The van der Waals surface area contributed by atoms with Crippen LogP contribution in [0.4, 0.5) is 11.4 Å². The van der Waals surface area contributed by atoms with Crippen LogP contribution in [-0.2, 0) is 0 Å². The van der Waals surface area contributed by atoms with Crippen molar-refractivity contribution in [1.82, 2.24) is 0 Å². The topological polar surface area (TPSA) is 66.4 Å². The van der Waals surface area contributed by atoms with Gasteiger partial charge in [0, 0.05) is 34.0 Å². The molecule has 0 atom stereocenters. The van der Waals surface area contributed by atoms with Crippen LogP contribution in [0.15, 0.2) is 67.2 Å². The van der Waals surface area contributed by atoms with Gasteiger partial charge in [-0.2, -0.15) is 0 Å². The summed E-state index contributed by atoms with van der Waals surface area (Å²) in [6, 6.07) is 17.5. The number of phenolic OH excluding ortho intramolecular Hbond substituents is 1. The molecule has 0 aromatic heterocycles. The van der Waals surface area contributed by atoms with Crippen molar-refractivity contribution in [2.24, 2.45) is 0 Å². The Balaban J connectivity index is 1.95. The Kier molecular flexibility index (Phi) is 3.66. The molecule has 1 aliphatic carbocycles. The molecule has 126 valence electrons. The van der Waals surface area contributed by atoms with Gasteiger partial charge in [0.1, 0.15) is 5.75 Å². The van der Waals surface area contributed by atoms with Crippen molar-refractivity contribution in [3.05, 3.63) is 95.1 Å². The van der Waals surface area contributed by atoms with Gasteiger partial charge in [-0.1, -0.05) is 55.1 Å². The fraction of sp³-hybridized carbons (Fsp3) is 0. The average Bonchev–Trinajstić information content (AvgIpc) is 2.66. The zero-order chi connectivity index (χ0) is 18.3. The third-order valence-electron chi connectivity index (χ3n) is 4.47. The summed E-state index contributed by atoms with van der Waals surface area (Å²) in [4.78, 5) is 25.9. The van der Waals surface area contributed by atoms with Crippen molar-refractivity contribution in [3.63, 3.8) is 0 Å². The van der Waals surface area contributed by atoms with E-state index in [9.17, 15) is 14.7 Å². The summed E-state index contributed by atoms with van der Waals surface area (Å²) in [5.74, 6) is -0.879. The maximum absolute atomic E-state index is 13.1. The molecule has 3 aromatic rings. The first-order chi connectivity index (χ1) is 12.6. The summed E-state index contributed by atoms with van der Waals surface area (Å²) >= 11 is 0. The van der Waals surface area contributed by atoms with Crippen LogP contribution < -0.4 is 5.32 Å². The highest BCUT2D eigenvalue weighted by molar-refractivity contribution is 6.30. The van der Waals surface area contributed by atoms with Gasteiger partial charge in [0.25, 0.3) is 0 Å². The Morgan fingerprint density at radius 2 is 1.42 bits per heavy atom. The molecule has 0 bridgehead atoms. The van der Waals surface area contributed by atoms with E-state index >= 15 is 0 Å². The van der Waals surface area contributed by atoms with Gasteiger partial charge < -0.3 is 10.4 Å². The smallest absolute Gasteiger partial charge is 0.198 e.